The van der Waals surface area contributed by atoms with Gasteiger partial charge in [0.05, 0.1) is 11.6 Å². The molecular formula is C18H26N2. The maximum atomic E-state index is 5.44. The summed E-state index contributed by atoms with van der Waals surface area (Å²) >= 11 is 0. The van der Waals surface area contributed by atoms with Gasteiger partial charge in [-0.2, -0.15) is 0 Å². The molecule has 20 heavy (non-hydrogen) atoms. The van der Waals surface area contributed by atoms with Crippen LogP contribution in [0, 0.1) is 11.8 Å². The lowest BCUT2D eigenvalue weighted by molar-refractivity contribution is 0.120. The summed E-state index contributed by atoms with van der Waals surface area (Å²) in [6.07, 6.45) is 19.1. The highest BCUT2D eigenvalue weighted by molar-refractivity contribution is 5.33. The van der Waals surface area contributed by atoms with Gasteiger partial charge in [0, 0.05) is 11.6 Å². The normalized spacial score (nSPS) is 28.4. The first-order valence-corrected chi connectivity index (χ1v) is 7.39. The Balaban J connectivity index is 2.37. The van der Waals surface area contributed by atoms with Crippen molar-refractivity contribution in [2.45, 2.75) is 39.3 Å². The second kappa shape index (κ2) is 5.74. The molecule has 2 nitrogen and oxygen atoms in total. The quantitative estimate of drug-likeness (QED) is 0.788. The van der Waals surface area contributed by atoms with E-state index in [0.29, 0.717) is 17.9 Å². The van der Waals surface area contributed by atoms with Crippen molar-refractivity contribution in [2.24, 2.45) is 17.6 Å². The van der Waals surface area contributed by atoms with Gasteiger partial charge < -0.3 is 10.6 Å². The average molecular weight is 270 g/mol. The molecule has 0 aromatic carbocycles. The Morgan fingerprint density at radius 2 is 1.95 bits per heavy atom. The van der Waals surface area contributed by atoms with Crippen LogP contribution in [0.3, 0.4) is 0 Å². The molecule has 2 N–H and O–H groups in total. The van der Waals surface area contributed by atoms with Gasteiger partial charge in [0.1, 0.15) is 0 Å². The molecule has 3 unspecified atom stereocenters. The minimum Gasteiger partial charge on any atom is -0.405 e. The van der Waals surface area contributed by atoms with Gasteiger partial charge in [-0.05, 0) is 32.0 Å². The molecule has 0 saturated heterocycles. The van der Waals surface area contributed by atoms with E-state index in [1.807, 2.05) is 6.08 Å². The Kier molecular flexibility index (Phi) is 4.22. The number of rotatable bonds is 4. The minimum atomic E-state index is -0.0188. The Bertz CT molecular complexity index is 494. The van der Waals surface area contributed by atoms with Gasteiger partial charge in [-0.3, -0.25) is 0 Å². The Morgan fingerprint density at radius 3 is 2.60 bits per heavy atom. The van der Waals surface area contributed by atoms with Gasteiger partial charge in [0.15, 0.2) is 0 Å². The van der Waals surface area contributed by atoms with Crippen LogP contribution in [0.4, 0.5) is 0 Å². The van der Waals surface area contributed by atoms with Crippen LogP contribution < -0.4 is 5.73 Å². The molecule has 1 aliphatic heterocycles. The molecule has 108 valence electrons. The molecule has 2 rings (SSSR count). The number of hydrogen-bond acceptors (Lipinski definition) is 2. The van der Waals surface area contributed by atoms with Crippen molar-refractivity contribution in [3.63, 3.8) is 0 Å². The molecule has 0 radical (unpaired) electrons. The predicted molar refractivity (Wildman–Crippen MR) is 86.9 cm³/mol. The van der Waals surface area contributed by atoms with Crippen LogP contribution in [-0.2, 0) is 0 Å². The topological polar surface area (TPSA) is 29.3 Å². The lowest BCUT2D eigenvalue weighted by Crippen LogP contribution is -2.51. The smallest absolute Gasteiger partial charge is 0.0585 e. The number of hydrogen-bond donors (Lipinski definition) is 1. The molecule has 3 atom stereocenters. The Morgan fingerprint density at radius 1 is 1.25 bits per heavy atom. The Hall–Kier alpha value is -1.70. The van der Waals surface area contributed by atoms with E-state index >= 15 is 0 Å². The van der Waals surface area contributed by atoms with Crippen molar-refractivity contribution >= 4 is 0 Å². The summed E-state index contributed by atoms with van der Waals surface area (Å²) in [5, 5.41) is 0. The van der Waals surface area contributed by atoms with Crippen LogP contribution in [0.2, 0.25) is 0 Å². The summed E-state index contributed by atoms with van der Waals surface area (Å²) in [4.78, 5) is 2.54. The lowest BCUT2D eigenvalue weighted by Gasteiger charge is -2.46. The zero-order valence-electron chi connectivity index (χ0n) is 13.0. The van der Waals surface area contributed by atoms with E-state index in [1.54, 1.807) is 6.20 Å². The molecule has 0 saturated carbocycles. The van der Waals surface area contributed by atoms with E-state index in [1.165, 1.54) is 5.70 Å². The Labute approximate surface area is 123 Å². The van der Waals surface area contributed by atoms with Crippen LogP contribution in [0.15, 0.2) is 60.5 Å². The molecule has 0 aromatic heterocycles. The average Bonchev–Trinajstić information content (AvgIpc) is 2.74. The number of nitrogens with zero attached hydrogens (tertiary/aromatic N) is 1. The number of allylic oxidation sites excluding steroid dienone is 5. The lowest BCUT2D eigenvalue weighted by atomic mass is 9.83. The maximum Gasteiger partial charge on any atom is 0.0585 e. The minimum absolute atomic E-state index is 0.0188. The summed E-state index contributed by atoms with van der Waals surface area (Å²) in [5.74, 6) is 1.00. The second-order valence-corrected chi connectivity index (χ2v) is 6.14. The first kappa shape index (κ1) is 14.7. The van der Waals surface area contributed by atoms with Gasteiger partial charge in [0.2, 0.25) is 0 Å². The zero-order valence-corrected chi connectivity index (χ0v) is 13.0. The van der Waals surface area contributed by atoms with Crippen molar-refractivity contribution in [2.75, 3.05) is 0 Å². The highest BCUT2D eigenvalue weighted by atomic mass is 15.2. The molecule has 0 spiro atoms. The van der Waals surface area contributed by atoms with Crippen molar-refractivity contribution in [3.8, 4) is 0 Å². The van der Waals surface area contributed by atoms with Crippen LogP contribution in [0.5, 0.6) is 0 Å². The summed E-state index contributed by atoms with van der Waals surface area (Å²) in [7, 11) is 0. The van der Waals surface area contributed by atoms with Gasteiger partial charge in [-0.1, -0.05) is 56.4 Å². The molecule has 0 fully saturated rings. The highest BCUT2D eigenvalue weighted by Crippen LogP contribution is 2.40. The number of fused-ring (bicyclic) bond motifs is 1. The van der Waals surface area contributed by atoms with Gasteiger partial charge in [-0.15, -0.1) is 0 Å². The van der Waals surface area contributed by atoms with E-state index in [4.69, 9.17) is 5.73 Å². The third-order valence-corrected chi connectivity index (χ3v) is 4.60. The molecule has 0 amide bonds. The molecule has 2 aliphatic rings. The van der Waals surface area contributed by atoms with Gasteiger partial charge >= 0.3 is 0 Å². The fraction of sp³-hybridized carbons (Fsp3) is 0.444. The zero-order chi connectivity index (χ0) is 14.8. The summed E-state index contributed by atoms with van der Waals surface area (Å²) < 4.78 is 0. The summed E-state index contributed by atoms with van der Waals surface area (Å²) in [6.45, 7) is 9.08. The van der Waals surface area contributed by atoms with E-state index < -0.39 is 0 Å². The molecule has 1 aliphatic carbocycles. The van der Waals surface area contributed by atoms with Crippen molar-refractivity contribution in [1.82, 2.24) is 4.90 Å². The second-order valence-electron chi connectivity index (χ2n) is 6.14. The van der Waals surface area contributed by atoms with Gasteiger partial charge in [-0.25, -0.2) is 0 Å². The number of nitrogens with two attached hydrogens (primary N) is 1. The standard InChI is InChI=1S/C18H26N2/c1-14(2)18(4,11-7-8-12-19)20-15(3)13-16-9-5-6-10-17(16)20/h5-14,16-17H,19H2,1-4H3/b11-7-,12-8+. The fourth-order valence-electron chi connectivity index (χ4n) is 3.19. The van der Waals surface area contributed by atoms with Crippen molar-refractivity contribution in [3.05, 3.63) is 60.5 Å². The van der Waals surface area contributed by atoms with E-state index in [0.717, 1.165) is 0 Å². The van der Waals surface area contributed by atoms with Gasteiger partial charge in [0.25, 0.3) is 0 Å². The first-order valence-electron chi connectivity index (χ1n) is 7.39. The third kappa shape index (κ3) is 2.47. The monoisotopic (exact) mass is 270 g/mol. The highest BCUT2D eigenvalue weighted by Gasteiger charge is 2.42. The first-order chi connectivity index (χ1) is 9.50. The van der Waals surface area contributed by atoms with Crippen LogP contribution >= 0.6 is 0 Å². The summed E-state index contributed by atoms with van der Waals surface area (Å²) in [5.41, 5.74) is 6.78. The fourth-order valence-corrected chi connectivity index (χ4v) is 3.19. The molecule has 2 heteroatoms. The van der Waals surface area contributed by atoms with E-state index in [2.05, 4.69) is 75.1 Å². The van der Waals surface area contributed by atoms with Crippen molar-refractivity contribution in [1.29, 1.82) is 0 Å². The predicted octanol–water partition coefficient (Wildman–Crippen LogP) is 3.76. The van der Waals surface area contributed by atoms with E-state index in [-0.39, 0.29) is 5.54 Å². The maximum absolute atomic E-state index is 5.44. The van der Waals surface area contributed by atoms with E-state index in [9.17, 15) is 0 Å². The molecule has 1 heterocycles. The molecule has 0 bridgehead atoms. The molecular weight excluding hydrogens is 244 g/mol. The van der Waals surface area contributed by atoms with Crippen molar-refractivity contribution < 1.29 is 0 Å². The van der Waals surface area contributed by atoms with Crippen LogP contribution in [0.1, 0.15) is 27.7 Å². The van der Waals surface area contributed by atoms with Crippen LogP contribution in [-0.4, -0.2) is 16.5 Å². The SMILES string of the molecule is CC1=CC2C=CC=CC2N1C(C)(/C=C\C=C\N)C(C)C. The van der Waals surface area contributed by atoms with Crippen LogP contribution in [0.25, 0.3) is 0 Å². The largest absolute Gasteiger partial charge is 0.405 e. The summed E-state index contributed by atoms with van der Waals surface area (Å²) in [6, 6.07) is 0.430. The third-order valence-electron chi connectivity index (χ3n) is 4.60. The molecule has 0 aromatic rings.